The molecular weight excluding hydrogens is 246 g/mol. The van der Waals surface area contributed by atoms with Crippen molar-refractivity contribution in [1.82, 2.24) is 9.76 Å². The molecule has 1 saturated heterocycles. The van der Waals surface area contributed by atoms with Gasteiger partial charge in [-0.2, -0.15) is 0 Å². The summed E-state index contributed by atoms with van der Waals surface area (Å²) in [5, 5.41) is 1.63. The van der Waals surface area contributed by atoms with Crippen LogP contribution in [0, 0.1) is 0 Å². The van der Waals surface area contributed by atoms with Gasteiger partial charge in [-0.15, -0.1) is 23.2 Å². The second-order valence-corrected chi connectivity index (χ2v) is 4.59. The molecule has 14 heavy (non-hydrogen) atoms. The number of nitrogens with one attached hydrogen (secondary N) is 1. The predicted molar refractivity (Wildman–Crippen MR) is 59.2 cm³/mol. The summed E-state index contributed by atoms with van der Waals surface area (Å²) in [7, 11) is -4.97. The van der Waals surface area contributed by atoms with Crippen LogP contribution in [0.2, 0.25) is 0 Å². The van der Waals surface area contributed by atoms with E-state index in [4.69, 9.17) is 36.9 Å². The Bertz CT molecular complexity index is 518. The van der Waals surface area contributed by atoms with E-state index >= 15 is 0 Å². The number of rotatable bonds is 5. The van der Waals surface area contributed by atoms with Gasteiger partial charge in [-0.3, -0.25) is 4.57 Å². The van der Waals surface area contributed by atoms with Gasteiger partial charge >= 0.3 is 7.67 Å². The third kappa shape index (κ3) is 3.37. The van der Waals surface area contributed by atoms with Crippen LogP contribution in [0.3, 0.4) is 0 Å². The van der Waals surface area contributed by atoms with E-state index in [1.54, 1.807) is 5.09 Å². The lowest BCUT2D eigenvalue weighted by Crippen LogP contribution is -2.35. The van der Waals surface area contributed by atoms with E-state index in [2.05, 4.69) is 4.52 Å². The molecule has 4 nitrogen and oxygen atoms in total. The minimum Gasteiger partial charge on any atom is -0.306 e. The number of halogens is 2. The maximum absolute atomic E-state index is 13.0. The SMILES string of the molecule is [2H]C([2H])(Cl)C([2H])([2H])N(CCCl)P1(=O)NC([2H])([2H])C([2H])([2H])C([2H])([2H])O1. The Morgan fingerprint density at radius 3 is 3.07 bits per heavy atom. The molecule has 0 bridgehead atoms. The maximum atomic E-state index is 13.0. The molecule has 0 radical (unpaired) electrons. The first kappa shape index (κ1) is 4.52. The number of alkyl halides is 2. The summed E-state index contributed by atoms with van der Waals surface area (Å²) < 4.78 is 93.1. The quantitative estimate of drug-likeness (QED) is 0.612. The van der Waals surface area contributed by atoms with Gasteiger partial charge in [-0.05, 0) is 6.37 Å². The molecule has 1 N–H and O–H groups in total. The van der Waals surface area contributed by atoms with Crippen molar-refractivity contribution in [3.63, 3.8) is 0 Å². The van der Waals surface area contributed by atoms with Gasteiger partial charge in [-0.25, -0.2) is 9.76 Å². The first-order valence-electron chi connectivity index (χ1n) is 8.49. The molecule has 0 aromatic rings. The third-order valence-corrected chi connectivity index (χ3v) is 3.19. The van der Waals surface area contributed by atoms with Gasteiger partial charge in [0.1, 0.15) is 0 Å². The van der Waals surface area contributed by atoms with Crippen molar-refractivity contribution >= 4 is 30.9 Å². The van der Waals surface area contributed by atoms with Crippen LogP contribution >= 0.6 is 30.9 Å². The number of hydrogen-bond acceptors (Lipinski definition) is 2. The highest BCUT2D eigenvalue weighted by Gasteiger charge is 2.32. The van der Waals surface area contributed by atoms with Gasteiger partial charge in [0, 0.05) is 42.2 Å². The summed E-state index contributed by atoms with van der Waals surface area (Å²) in [6.07, 6.45) is -3.28. The van der Waals surface area contributed by atoms with Gasteiger partial charge in [0.15, 0.2) is 0 Å². The molecule has 0 saturated carbocycles. The minimum atomic E-state index is -4.97. The van der Waals surface area contributed by atoms with Gasteiger partial charge in [0.25, 0.3) is 0 Å². The lowest BCUT2D eigenvalue weighted by atomic mass is 10.5. The van der Waals surface area contributed by atoms with Crippen LogP contribution in [0.25, 0.3) is 0 Å². The summed E-state index contributed by atoms with van der Waals surface area (Å²) in [6, 6.07) is 0. The molecular formula is C7H15Cl2N2O2P. The molecule has 1 atom stereocenters. The second-order valence-electron chi connectivity index (χ2n) is 2.09. The van der Waals surface area contributed by atoms with Crippen LogP contribution in [0.5, 0.6) is 0 Å². The highest BCUT2D eigenvalue weighted by molar-refractivity contribution is 7.54. The van der Waals surface area contributed by atoms with E-state index in [1.165, 1.54) is 0 Å². The highest BCUT2D eigenvalue weighted by Crippen LogP contribution is 2.47. The van der Waals surface area contributed by atoms with Crippen molar-refractivity contribution in [2.45, 2.75) is 6.37 Å². The van der Waals surface area contributed by atoms with Crippen LogP contribution < -0.4 is 5.09 Å². The molecule has 0 aromatic carbocycles. The normalized spacial score (nSPS) is 51.6. The Hall–Kier alpha value is 0.690. The Kier molecular flexibility index (Phi) is 2.04. The summed E-state index contributed by atoms with van der Waals surface area (Å²) in [6.45, 7) is -10.5. The predicted octanol–water partition coefficient (Wildman–Crippen LogP) is 1.88. The van der Waals surface area contributed by atoms with Crippen molar-refractivity contribution in [3.8, 4) is 0 Å². The fourth-order valence-corrected chi connectivity index (χ4v) is 2.35. The zero-order valence-corrected chi connectivity index (χ0v) is 9.29. The monoisotopic (exact) mass is 270 g/mol. The molecule has 0 spiro atoms. The fraction of sp³-hybridized carbons (Fsp3) is 1.00. The van der Waals surface area contributed by atoms with E-state index in [0.717, 1.165) is 0 Å². The highest BCUT2D eigenvalue weighted by atomic mass is 35.5. The summed E-state index contributed by atoms with van der Waals surface area (Å²) in [4.78, 5) is 0. The Morgan fingerprint density at radius 1 is 1.71 bits per heavy atom. The molecule has 1 rings (SSSR count). The molecule has 1 heterocycles. The summed E-state index contributed by atoms with van der Waals surface area (Å²) >= 11 is 10.8. The van der Waals surface area contributed by atoms with E-state index in [0.29, 0.717) is 0 Å². The molecule has 0 aromatic heterocycles. The van der Waals surface area contributed by atoms with Crippen molar-refractivity contribution in [2.75, 3.05) is 37.8 Å². The van der Waals surface area contributed by atoms with Gasteiger partial charge in [0.2, 0.25) is 0 Å². The first-order chi connectivity index (χ1) is 10.4. The Labute approximate surface area is 108 Å². The average Bonchev–Trinajstić information content (AvgIpc) is 2.30. The van der Waals surface area contributed by atoms with Crippen molar-refractivity contribution < 1.29 is 22.8 Å². The minimum absolute atomic E-state index is 0.144. The lowest BCUT2D eigenvalue weighted by molar-refractivity contribution is 0.233. The van der Waals surface area contributed by atoms with Crippen LogP contribution in [0.4, 0.5) is 0 Å². The molecule has 1 aliphatic heterocycles. The summed E-state index contributed by atoms with van der Waals surface area (Å²) in [5.41, 5.74) is 0. The smallest absolute Gasteiger partial charge is 0.306 e. The lowest BCUT2D eigenvalue weighted by Gasteiger charge is -2.33. The Morgan fingerprint density at radius 2 is 2.50 bits per heavy atom. The average molecular weight is 271 g/mol. The second kappa shape index (κ2) is 6.31. The van der Waals surface area contributed by atoms with Crippen LogP contribution in [-0.2, 0) is 9.09 Å². The van der Waals surface area contributed by atoms with Crippen molar-refractivity contribution in [3.05, 3.63) is 0 Å². The van der Waals surface area contributed by atoms with Crippen LogP contribution in [0.1, 0.15) is 20.1 Å². The maximum Gasteiger partial charge on any atom is 0.343 e. The van der Waals surface area contributed by atoms with Gasteiger partial charge in [0.05, 0.1) is 9.30 Å². The Balaban J connectivity index is 3.47. The van der Waals surface area contributed by atoms with E-state index in [9.17, 15) is 4.57 Å². The topological polar surface area (TPSA) is 41.6 Å². The molecule has 1 aliphatic rings. The molecule has 1 unspecified atom stereocenters. The van der Waals surface area contributed by atoms with Crippen LogP contribution in [-0.4, -0.2) is 42.5 Å². The van der Waals surface area contributed by atoms with E-state index in [1.807, 2.05) is 0 Å². The van der Waals surface area contributed by atoms with Crippen LogP contribution in [0.15, 0.2) is 0 Å². The molecule has 1 fully saturated rings. The zero-order chi connectivity index (χ0) is 19.4. The van der Waals surface area contributed by atoms with Crippen molar-refractivity contribution in [1.29, 1.82) is 0 Å². The number of hydrogen-bond donors (Lipinski definition) is 1. The van der Waals surface area contributed by atoms with E-state index in [-0.39, 0.29) is 4.67 Å². The molecule has 84 valence electrons. The standard InChI is InChI=1S/C7H15Cl2N2O2P/c8-2-5-11(6-3-9)14(12)10-4-1-7-13-14/h1-7H2,(H,10,12)/i1D2,2D2,4D2,5D2,7D2. The first-order valence-corrected chi connectivity index (χ1v) is 5.98. The molecule has 0 amide bonds. The number of nitrogens with zero attached hydrogens (tertiary/aromatic N) is 1. The zero-order valence-electron chi connectivity index (χ0n) is 16.9. The summed E-state index contributed by atoms with van der Waals surface area (Å²) in [5.74, 6) is -3.53. The van der Waals surface area contributed by atoms with E-state index < -0.39 is 51.9 Å². The van der Waals surface area contributed by atoms with Gasteiger partial charge in [-0.1, -0.05) is 0 Å². The fourth-order valence-electron chi connectivity index (χ4n) is 0.723. The largest absolute Gasteiger partial charge is 0.343 e. The van der Waals surface area contributed by atoms with Crippen molar-refractivity contribution in [2.24, 2.45) is 0 Å². The molecule has 7 heteroatoms. The third-order valence-electron chi connectivity index (χ3n) is 1.27. The molecule has 0 aliphatic carbocycles. The van der Waals surface area contributed by atoms with Gasteiger partial charge < -0.3 is 4.52 Å².